The summed E-state index contributed by atoms with van der Waals surface area (Å²) in [5.74, 6) is -1.21. The number of carboxylic acid groups (broad SMARTS) is 1. The summed E-state index contributed by atoms with van der Waals surface area (Å²) in [6, 6.07) is 9.41. The fraction of sp³-hybridized carbons (Fsp3) is 0. The number of aliphatic carboxylic acids is 1. The van der Waals surface area contributed by atoms with Crippen molar-refractivity contribution in [2.24, 2.45) is 0 Å². The number of carbonyl (C=O) groups is 1. The molecule has 4 nitrogen and oxygen atoms in total. The third kappa shape index (κ3) is 1.79. The zero-order valence-corrected chi connectivity index (χ0v) is 8.27. The standard InChI is InChI=1S/C12H8N2O2/c1-13-11(12(15)16)7-9-6-8-4-2-3-5-10(8)14-9/h2-7,14H,(H,15,16)/b11-7-. The van der Waals surface area contributed by atoms with Gasteiger partial charge in [-0.15, -0.1) is 0 Å². The summed E-state index contributed by atoms with van der Waals surface area (Å²) >= 11 is 0. The van der Waals surface area contributed by atoms with E-state index in [1.165, 1.54) is 6.08 Å². The van der Waals surface area contributed by atoms with Crippen LogP contribution in [0.2, 0.25) is 0 Å². The van der Waals surface area contributed by atoms with E-state index in [0.717, 1.165) is 10.9 Å². The van der Waals surface area contributed by atoms with Gasteiger partial charge in [-0.2, -0.15) is 0 Å². The van der Waals surface area contributed by atoms with Crippen molar-refractivity contribution in [2.75, 3.05) is 0 Å². The van der Waals surface area contributed by atoms with Gasteiger partial charge in [-0.3, -0.25) is 4.79 Å². The molecule has 2 aromatic rings. The Morgan fingerprint density at radius 1 is 1.44 bits per heavy atom. The Bertz CT molecular complexity index is 584. The van der Waals surface area contributed by atoms with E-state index in [2.05, 4.69) is 9.83 Å². The lowest BCUT2D eigenvalue weighted by molar-refractivity contribution is -0.132. The largest absolute Gasteiger partial charge is 0.486 e. The van der Waals surface area contributed by atoms with Gasteiger partial charge in [0.15, 0.2) is 0 Å². The van der Waals surface area contributed by atoms with Crippen molar-refractivity contribution in [2.45, 2.75) is 0 Å². The lowest BCUT2D eigenvalue weighted by Gasteiger charge is -1.88. The maximum absolute atomic E-state index is 10.7. The number of nitrogens with zero attached hydrogens (tertiary/aromatic N) is 1. The molecule has 1 aromatic heterocycles. The summed E-state index contributed by atoms with van der Waals surface area (Å²) in [5.41, 5.74) is 1.24. The van der Waals surface area contributed by atoms with E-state index < -0.39 is 5.97 Å². The fourth-order valence-electron chi connectivity index (χ4n) is 1.46. The van der Waals surface area contributed by atoms with Gasteiger partial charge in [-0.05, 0) is 23.6 Å². The molecule has 0 radical (unpaired) electrons. The Kier molecular flexibility index (Phi) is 2.44. The first-order valence-electron chi connectivity index (χ1n) is 4.61. The molecule has 16 heavy (non-hydrogen) atoms. The third-order valence-electron chi connectivity index (χ3n) is 2.18. The zero-order valence-electron chi connectivity index (χ0n) is 8.27. The van der Waals surface area contributed by atoms with E-state index in [9.17, 15) is 4.79 Å². The Morgan fingerprint density at radius 3 is 2.81 bits per heavy atom. The Labute approximate surface area is 91.7 Å². The first-order valence-corrected chi connectivity index (χ1v) is 4.61. The van der Waals surface area contributed by atoms with Crippen molar-refractivity contribution in [1.82, 2.24) is 4.98 Å². The average molecular weight is 212 g/mol. The third-order valence-corrected chi connectivity index (χ3v) is 2.18. The second-order valence-electron chi connectivity index (χ2n) is 3.26. The van der Waals surface area contributed by atoms with Crippen LogP contribution in [0.25, 0.3) is 21.8 Å². The molecule has 0 saturated carbocycles. The predicted octanol–water partition coefficient (Wildman–Crippen LogP) is 2.51. The topological polar surface area (TPSA) is 57.5 Å². The van der Waals surface area contributed by atoms with E-state index >= 15 is 0 Å². The molecular weight excluding hydrogens is 204 g/mol. The Morgan fingerprint density at radius 2 is 2.19 bits per heavy atom. The smallest absolute Gasteiger partial charge is 0.333 e. The predicted molar refractivity (Wildman–Crippen MR) is 60.5 cm³/mol. The molecule has 0 aliphatic carbocycles. The van der Waals surface area contributed by atoms with Gasteiger partial charge in [0, 0.05) is 11.2 Å². The maximum atomic E-state index is 10.7. The van der Waals surface area contributed by atoms with Crippen LogP contribution in [0.15, 0.2) is 36.0 Å². The van der Waals surface area contributed by atoms with Crippen LogP contribution in [0.3, 0.4) is 0 Å². The first kappa shape index (κ1) is 9.99. The molecule has 0 amide bonds. The van der Waals surface area contributed by atoms with Gasteiger partial charge >= 0.3 is 5.97 Å². The number of aromatic nitrogens is 1. The van der Waals surface area contributed by atoms with Crippen molar-refractivity contribution >= 4 is 22.9 Å². The number of para-hydroxylation sites is 1. The number of nitrogens with one attached hydrogen (secondary N) is 1. The lowest BCUT2D eigenvalue weighted by Crippen LogP contribution is -1.95. The summed E-state index contributed by atoms with van der Waals surface area (Å²) in [7, 11) is 0. The Balaban J connectivity index is 2.49. The summed E-state index contributed by atoms with van der Waals surface area (Å²) in [5, 5.41) is 9.70. The second kappa shape index (κ2) is 3.91. The minimum absolute atomic E-state index is 0.299. The Hall–Kier alpha value is -2.54. The molecule has 2 rings (SSSR count). The highest BCUT2D eigenvalue weighted by Gasteiger charge is 2.07. The number of carboxylic acids is 1. The summed E-state index contributed by atoms with van der Waals surface area (Å²) < 4.78 is 0. The highest BCUT2D eigenvalue weighted by atomic mass is 16.4. The molecule has 0 aliphatic heterocycles. The number of aromatic amines is 1. The van der Waals surface area contributed by atoms with Gasteiger partial charge in [0.05, 0.1) is 6.57 Å². The number of hydrogen-bond acceptors (Lipinski definition) is 1. The molecule has 4 heteroatoms. The van der Waals surface area contributed by atoms with Crippen LogP contribution >= 0.6 is 0 Å². The van der Waals surface area contributed by atoms with Gasteiger partial charge < -0.3 is 10.1 Å². The molecule has 0 spiro atoms. The molecule has 0 aliphatic rings. The number of rotatable bonds is 2. The monoisotopic (exact) mass is 212 g/mol. The maximum Gasteiger partial charge on any atom is 0.333 e. The molecule has 1 heterocycles. The minimum atomic E-state index is -1.21. The number of benzene rings is 1. The summed E-state index contributed by atoms with van der Waals surface area (Å²) in [6.45, 7) is 6.74. The van der Waals surface area contributed by atoms with E-state index in [-0.39, 0.29) is 5.70 Å². The van der Waals surface area contributed by atoms with Crippen molar-refractivity contribution in [3.63, 3.8) is 0 Å². The van der Waals surface area contributed by atoms with Gasteiger partial charge in [-0.25, -0.2) is 4.85 Å². The molecular formula is C12H8N2O2. The van der Waals surface area contributed by atoms with Gasteiger partial charge in [0.25, 0.3) is 5.70 Å². The van der Waals surface area contributed by atoms with Gasteiger partial charge in [0.2, 0.25) is 0 Å². The van der Waals surface area contributed by atoms with E-state index in [0.29, 0.717) is 5.69 Å². The molecule has 0 unspecified atom stereocenters. The molecule has 0 atom stereocenters. The van der Waals surface area contributed by atoms with E-state index in [1.807, 2.05) is 30.3 Å². The van der Waals surface area contributed by atoms with Gasteiger partial charge in [0.1, 0.15) is 0 Å². The summed E-state index contributed by atoms with van der Waals surface area (Å²) in [6.07, 6.45) is 1.33. The van der Waals surface area contributed by atoms with Crippen molar-refractivity contribution in [1.29, 1.82) is 0 Å². The van der Waals surface area contributed by atoms with Crippen LogP contribution in [0, 0.1) is 6.57 Å². The van der Waals surface area contributed by atoms with E-state index in [1.54, 1.807) is 0 Å². The van der Waals surface area contributed by atoms with Crippen LogP contribution in [0.5, 0.6) is 0 Å². The van der Waals surface area contributed by atoms with Crippen LogP contribution < -0.4 is 0 Å². The number of hydrogen-bond donors (Lipinski definition) is 2. The quantitative estimate of drug-likeness (QED) is 0.593. The molecule has 2 N–H and O–H groups in total. The van der Waals surface area contributed by atoms with Crippen molar-refractivity contribution in [3.05, 3.63) is 53.1 Å². The minimum Gasteiger partial charge on any atom is -0.486 e. The number of fused-ring (bicyclic) bond motifs is 1. The second-order valence-corrected chi connectivity index (χ2v) is 3.26. The first-order chi connectivity index (χ1) is 7.70. The SMILES string of the molecule is [C-]#[N+]/C(=C\c1cc2ccccc2[nH]1)C(=O)O. The molecule has 78 valence electrons. The van der Waals surface area contributed by atoms with E-state index in [4.69, 9.17) is 11.7 Å². The molecule has 0 fully saturated rings. The number of H-pyrrole nitrogens is 1. The molecule has 0 saturated heterocycles. The average Bonchev–Trinajstić information content (AvgIpc) is 2.67. The highest BCUT2D eigenvalue weighted by molar-refractivity contribution is 5.95. The lowest BCUT2D eigenvalue weighted by atomic mass is 10.2. The van der Waals surface area contributed by atoms with Crippen LogP contribution in [0.1, 0.15) is 5.69 Å². The van der Waals surface area contributed by atoms with Gasteiger partial charge in [-0.1, -0.05) is 18.2 Å². The molecule has 1 aromatic carbocycles. The highest BCUT2D eigenvalue weighted by Crippen LogP contribution is 2.17. The van der Waals surface area contributed by atoms with Crippen molar-refractivity contribution in [3.8, 4) is 0 Å². The molecule has 0 bridgehead atoms. The summed E-state index contributed by atoms with van der Waals surface area (Å²) in [4.78, 5) is 16.6. The normalized spacial score (nSPS) is 11.3. The van der Waals surface area contributed by atoms with Crippen LogP contribution in [-0.2, 0) is 4.79 Å². The van der Waals surface area contributed by atoms with Crippen molar-refractivity contribution < 1.29 is 9.90 Å². The van der Waals surface area contributed by atoms with Crippen LogP contribution in [0.4, 0.5) is 0 Å². The zero-order chi connectivity index (χ0) is 11.5. The van der Waals surface area contributed by atoms with Crippen LogP contribution in [-0.4, -0.2) is 16.1 Å². The fourth-order valence-corrected chi connectivity index (χ4v) is 1.46.